The Morgan fingerprint density at radius 3 is 2.83 bits per heavy atom. The van der Waals surface area contributed by atoms with Crippen LogP contribution in [0.4, 0.5) is 5.13 Å². The highest BCUT2D eigenvalue weighted by molar-refractivity contribution is 7.22. The third kappa shape index (κ3) is 2.63. The van der Waals surface area contributed by atoms with Gasteiger partial charge in [-0.1, -0.05) is 35.6 Å². The summed E-state index contributed by atoms with van der Waals surface area (Å²) in [7, 11) is 1.75. The molecule has 24 heavy (non-hydrogen) atoms. The first-order valence-electron chi connectivity index (χ1n) is 7.20. The minimum atomic E-state index is -0.217. The van der Waals surface area contributed by atoms with E-state index in [1.165, 1.54) is 11.3 Å². The van der Waals surface area contributed by atoms with Crippen molar-refractivity contribution in [3.63, 3.8) is 0 Å². The van der Waals surface area contributed by atoms with Crippen LogP contribution >= 0.6 is 11.3 Å². The van der Waals surface area contributed by atoms with Gasteiger partial charge in [-0.2, -0.15) is 0 Å². The van der Waals surface area contributed by atoms with E-state index in [-0.39, 0.29) is 5.91 Å². The zero-order valence-electron chi connectivity index (χ0n) is 12.7. The molecule has 4 aromatic rings. The number of anilines is 1. The van der Waals surface area contributed by atoms with Gasteiger partial charge in [0.2, 0.25) is 0 Å². The number of amides is 1. The fourth-order valence-corrected chi connectivity index (χ4v) is 3.23. The van der Waals surface area contributed by atoms with Crippen molar-refractivity contribution in [3.05, 3.63) is 54.1 Å². The summed E-state index contributed by atoms with van der Waals surface area (Å²) >= 11 is 1.45. The number of rotatable bonds is 3. The number of aryl methyl sites for hydroxylation is 1. The molecule has 1 amide bonds. The summed E-state index contributed by atoms with van der Waals surface area (Å²) in [5.41, 5.74) is 2.17. The van der Waals surface area contributed by atoms with E-state index in [1.54, 1.807) is 29.9 Å². The first-order chi connectivity index (χ1) is 11.7. The molecule has 0 spiro atoms. The monoisotopic (exact) mass is 336 g/mol. The number of aromatic nitrogens is 5. The van der Waals surface area contributed by atoms with Crippen LogP contribution in [0.5, 0.6) is 0 Å². The summed E-state index contributed by atoms with van der Waals surface area (Å²) in [6, 6.07) is 14.9. The number of tetrazole rings is 1. The number of benzene rings is 2. The maximum Gasteiger partial charge on any atom is 0.257 e. The van der Waals surface area contributed by atoms with Crippen LogP contribution < -0.4 is 5.32 Å². The molecule has 7 nitrogen and oxygen atoms in total. The van der Waals surface area contributed by atoms with Crippen LogP contribution in [0.2, 0.25) is 0 Å². The SMILES string of the molecule is Cn1nnnc1-c1cccc(C(=O)Nc2nc3ccccc3s2)c1. The molecule has 2 heterocycles. The standard InChI is InChI=1S/C16H12N6OS/c1-22-14(19-20-21-22)10-5-4-6-11(9-10)15(23)18-16-17-12-7-2-3-8-13(12)24-16/h2-9H,1H3,(H,17,18,23). The molecule has 0 saturated heterocycles. The molecule has 0 aliphatic heterocycles. The third-order valence-corrected chi connectivity index (χ3v) is 4.47. The Balaban J connectivity index is 1.61. The lowest BCUT2D eigenvalue weighted by molar-refractivity contribution is 0.102. The quantitative estimate of drug-likeness (QED) is 0.622. The Morgan fingerprint density at radius 1 is 1.17 bits per heavy atom. The van der Waals surface area contributed by atoms with Crippen molar-refractivity contribution in [1.82, 2.24) is 25.2 Å². The molecule has 0 aliphatic rings. The van der Waals surface area contributed by atoms with E-state index in [0.29, 0.717) is 16.5 Å². The molecule has 4 rings (SSSR count). The van der Waals surface area contributed by atoms with Crippen molar-refractivity contribution < 1.29 is 4.79 Å². The summed E-state index contributed by atoms with van der Waals surface area (Å²) in [5.74, 6) is 0.385. The Morgan fingerprint density at radius 2 is 2.04 bits per heavy atom. The first-order valence-corrected chi connectivity index (χ1v) is 8.02. The van der Waals surface area contributed by atoms with E-state index < -0.39 is 0 Å². The zero-order chi connectivity index (χ0) is 16.5. The minimum Gasteiger partial charge on any atom is -0.298 e. The summed E-state index contributed by atoms with van der Waals surface area (Å²) in [5, 5.41) is 14.8. The highest BCUT2D eigenvalue weighted by atomic mass is 32.1. The second-order valence-electron chi connectivity index (χ2n) is 5.15. The van der Waals surface area contributed by atoms with Crippen LogP contribution in [-0.2, 0) is 7.05 Å². The number of nitrogens with one attached hydrogen (secondary N) is 1. The van der Waals surface area contributed by atoms with E-state index in [0.717, 1.165) is 15.8 Å². The molecule has 0 bridgehead atoms. The van der Waals surface area contributed by atoms with E-state index in [1.807, 2.05) is 30.3 Å². The second-order valence-corrected chi connectivity index (χ2v) is 6.18. The van der Waals surface area contributed by atoms with Crippen molar-refractivity contribution in [2.75, 3.05) is 5.32 Å². The topological polar surface area (TPSA) is 85.6 Å². The summed E-state index contributed by atoms with van der Waals surface area (Å²) < 4.78 is 2.59. The van der Waals surface area contributed by atoms with Gasteiger partial charge in [-0.15, -0.1) is 5.10 Å². The van der Waals surface area contributed by atoms with Crippen LogP contribution in [0.25, 0.3) is 21.6 Å². The molecule has 0 fully saturated rings. The smallest absolute Gasteiger partial charge is 0.257 e. The second kappa shape index (κ2) is 5.82. The van der Waals surface area contributed by atoms with Gasteiger partial charge in [-0.25, -0.2) is 9.67 Å². The normalized spacial score (nSPS) is 10.9. The van der Waals surface area contributed by atoms with Crippen LogP contribution in [0.15, 0.2) is 48.5 Å². The zero-order valence-corrected chi connectivity index (χ0v) is 13.5. The molecule has 2 aromatic heterocycles. The predicted octanol–water partition coefficient (Wildman–Crippen LogP) is 2.74. The molecular weight excluding hydrogens is 324 g/mol. The van der Waals surface area contributed by atoms with Crippen molar-refractivity contribution in [3.8, 4) is 11.4 Å². The van der Waals surface area contributed by atoms with E-state index in [2.05, 4.69) is 25.8 Å². The molecule has 0 unspecified atom stereocenters. The van der Waals surface area contributed by atoms with Crippen molar-refractivity contribution >= 4 is 32.6 Å². The first kappa shape index (κ1) is 14.5. The molecular formula is C16H12N6OS. The number of hydrogen-bond acceptors (Lipinski definition) is 6. The highest BCUT2D eigenvalue weighted by Crippen LogP contribution is 2.26. The summed E-state index contributed by atoms with van der Waals surface area (Å²) in [6.07, 6.45) is 0. The van der Waals surface area contributed by atoms with Gasteiger partial charge in [-0.3, -0.25) is 10.1 Å². The van der Waals surface area contributed by atoms with Crippen LogP contribution in [0, 0.1) is 0 Å². The van der Waals surface area contributed by atoms with Gasteiger partial charge >= 0.3 is 0 Å². The van der Waals surface area contributed by atoms with Crippen molar-refractivity contribution in [1.29, 1.82) is 0 Å². The number of fused-ring (bicyclic) bond motifs is 1. The van der Waals surface area contributed by atoms with Gasteiger partial charge in [0, 0.05) is 18.2 Å². The Bertz CT molecular complexity index is 1000. The molecule has 0 radical (unpaired) electrons. The van der Waals surface area contributed by atoms with Crippen LogP contribution in [0.1, 0.15) is 10.4 Å². The molecule has 8 heteroatoms. The molecule has 1 N–H and O–H groups in total. The lowest BCUT2D eigenvalue weighted by Gasteiger charge is -2.04. The minimum absolute atomic E-state index is 0.217. The van der Waals surface area contributed by atoms with Gasteiger partial charge < -0.3 is 0 Å². The Labute approximate surface area is 141 Å². The third-order valence-electron chi connectivity index (χ3n) is 3.52. The van der Waals surface area contributed by atoms with Crippen molar-refractivity contribution in [2.45, 2.75) is 0 Å². The van der Waals surface area contributed by atoms with Crippen LogP contribution in [0.3, 0.4) is 0 Å². The number of carbonyl (C=O) groups is 1. The van der Waals surface area contributed by atoms with Gasteiger partial charge in [-0.05, 0) is 34.7 Å². The Hall–Kier alpha value is -3.13. The van der Waals surface area contributed by atoms with Gasteiger partial charge in [0.1, 0.15) is 0 Å². The highest BCUT2D eigenvalue weighted by Gasteiger charge is 2.12. The summed E-state index contributed by atoms with van der Waals surface area (Å²) in [6.45, 7) is 0. The maximum atomic E-state index is 12.5. The fraction of sp³-hybridized carbons (Fsp3) is 0.0625. The maximum absolute atomic E-state index is 12.5. The van der Waals surface area contributed by atoms with E-state index >= 15 is 0 Å². The van der Waals surface area contributed by atoms with Crippen molar-refractivity contribution in [2.24, 2.45) is 7.05 Å². The molecule has 0 aliphatic carbocycles. The average molecular weight is 336 g/mol. The van der Waals surface area contributed by atoms with Gasteiger partial charge in [0.15, 0.2) is 11.0 Å². The lowest BCUT2D eigenvalue weighted by Crippen LogP contribution is -2.11. The van der Waals surface area contributed by atoms with Gasteiger partial charge in [0.25, 0.3) is 5.91 Å². The lowest BCUT2D eigenvalue weighted by atomic mass is 10.1. The van der Waals surface area contributed by atoms with Crippen LogP contribution in [-0.4, -0.2) is 31.1 Å². The van der Waals surface area contributed by atoms with Gasteiger partial charge in [0.05, 0.1) is 10.2 Å². The largest absolute Gasteiger partial charge is 0.298 e. The molecule has 0 saturated carbocycles. The molecule has 2 aromatic carbocycles. The fourth-order valence-electron chi connectivity index (χ4n) is 2.37. The van der Waals surface area contributed by atoms with E-state index in [9.17, 15) is 4.79 Å². The predicted molar refractivity (Wildman–Crippen MR) is 91.8 cm³/mol. The number of para-hydroxylation sites is 1. The molecule has 0 atom stereocenters. The average Bonchev–Trinajstić information content (AvgIpc) is 3.20. The summed E-state index contributed by atoms with van der Waals surface area (Å²) in [4.78, 5) is 16.9. The number of hydrogen-bond donors (Lipinski definition) is 1. The number of thiazole rings is 1. The number of nitrogens with zero attached hydrogens (tertiary/aromatic N) is 5. The van der Waals surface area contributed by atoms with E-state index in [4.69, 9.17) is 0 Å². The Kier molecular flexibility index (Phi) is 3.51. The number of carbonyl (C=O) groups excluding carboxylic acids is 1. The molecule has 118 valence electrons.